The summed E-state index contributed by atoms with van der Waals surface area (Å²) in [6.07, 6.45) is 0.941. The standard InChI is InChI=1S/C12H16ClN3/c1-3-16-11-8-9(13)4-5-10(11)15-12(16)6-7-14-2/h4-5,8,14H,3,6-7H2,1-2H3. The number of rotatable bonds is 4. The van der Waals surface area contributed by atoms with Crippen LogP contribution in [0.15, 0.2) is 18.2 Å². The van der Waals surface area contributed by atoms with Gasteiger partial charge in [0.25, 0.3) is 0 Å². The van der Waals surface area contributed by atoms with Gasteiger partial charge in [0.15, 0.2) is 0 Å². The molecule has 0 unspecified atom stereocenters. The van der Waals surface area contributed by atoms with Gasteiger partial charge >= 0.3 is 0 Å². The van der Waals surface area contributed by atoms with Crippen LogP contribution in [0.2, 0.25) is 5.02 Å². The minimum atomic E-state index is 0.766. The highest BCUT2D eigenvalue weighted by Gasteiger charge is 2.08. The third kappa shape index (κ3) is 2.06. The molecule has 1 aromatic carbocycles. The zero-order chi connectivity index (χ0) is 11.5. The summed E-state index contributed by atoms with van der Waals surface area (Å²) in [5.74, 6) is 1.12. The molecule has 0 fully saturated rings. The summed E-state index contributed by atoms with van der Waals surface area (Å²) in [4.78, 5) is 4.63. The molecule has 0 aliphatic carbocycles. The van der Waals surface area contributed by atoms with E-state index in [-0.39, 0.29) is 0 Å². The monoisotopic (exact) mass is 237 g/mol. The first kappa shape index (κ1) is 11.4. The van der Waals surface area contributed by atoms with Crippen molar-refractivity contribution in [2.24, 2.45) is 0 Å². The molecule has 0 spiro atoms. The Bertz CT molecular complexity index is 490. The molecular formula is C12H16ClN3. The molecule has 0 saturated carbocycles. The number of benzene rings is 1. The van der Waals surface area contributed by atoms with Crippen molar-refractivity contribution in [1.82, 2.24) is 14.9 Å². The first-order valence-corrected chi connectivity index (χ1v) is 5.93. The number of hydrogen-bond donors (Lipinski definition) is 1. The fraction of sp³-hybridized carbons (Fsp3) is 0.417. The van der Waals surface area contributed by atoms with Crippen LogP contribution in [0.3, 0.4) is 0 Å². The van der Waals surface area contributed by atoms with Crippen molar-refractivity contribution in [3.8, 4) is 0 Å². The molecule has 0 bridgehead atoms. The van der Waals surface area contributed by atoms with Crippen molar-refractivity contribution in [2.75, 3.05) is 13.6 Å². The number of halogens is 1. The number of nitrogens with zero attached hydrogens (tertiary/aromatic N) is 2. The lowest BCUT2D eigenvalue weighted by Crippen LogP contribution is -2.13. The van der Waals surface area contributed by atoms with E-state index in [1.807, 2.05) is 25.2 Å². The molecule has 0 amide bonds. The zero-order valence-electron chi connectivity index (χ0n) is 9.63. The summed E-state index contributed by atoms with van der Waals surface area (Å²) in [6, 6.07) is 5.85. The summed E-state index contributed by atoms with van der Waals surface area (Å²) in [6.45, 7) is 4.00. The van der Waals surface area contributed by atoms with Gasteiger partial charge < -0.3 is 9.88 Å². The van der Waals surface area contributed by atoms with Crippen molar-refractivity contribution in [3.05, 3.63) is 29.0 Å². The van der Waals surface area contributed by atoms with Crippen LogP contribution in [0, 0.1) is 0 Å². The molecule has 4 heteroatoms. The Labute approximate surface area is 100 Å². The number of fused-ring (bicyclic) bond motifs is 1. The smallest absolute Gasteiger partial charge is 0.111 e. The molecule has 2 aromatic rings. The summed E-state index contributed by atoms with van der Waals surface area (Å²) in [5, 5.41) is 3.91. The van der Waals surface area contributed by atoms with E-state index in [1.54, 1.807) is 0 Å². The lowest BCUT2D eigenvalue weighted by Gasteiger charge is -2.05. The maximum absolute atomic E-state index is 6.01. The molecule has 3 nitrogen and oxygen atoms in total. The van der Waals surface area contributed by atoms with E-state index in [2.05, 4.69) is 21.8 Å². The number of hydrogen-bond acceptors (Lipinski definition) is 2. The molecule has 16 heavy (non-hydrogen) atoms. The molecule has 1 N–H and O–H groups in total. The maximum Gasteiger partial charge on any atom is 0.111 e. The molecule has 0 aliphatic rings. The van der Waals surface area contributed by atoms with Gasteiger partial charge in [-0.3, -0.25) is 0 Å². The average Bonchev–Trinajstić information content (AvgIpc) is 2.63. The van der Waals surface area contributed by atoms with Crippen LogP contribution in [-0.4, -0.2) is 23.1 Å². The van der Waals surface area contributed by atoms with Crippen molar-refractivity contribution >= 4 is 22.6 Å². The van der Waals surface area contributed by atoms with Crippen molar-refractivity contribution < 1.29 is 0 Å². The van der Waals surface area contributed by atoms with Gasteiger partial charge in [-0.25, -0.2) is 4.98 Å². The second-order valence-electron chi connectivity index (χ2n) is 3.76. The number of nitrogens with one attached hydrogen (secondary N) is 1. The van der Waals surface area contributed by atoms with E-state index in [4.69, 9.17) is 11.6 Å². The number of aryl methyl sites for hydroxylation is 1. The van der Waals surface area contributed by atoms with Gasteiger partial charge in [0, 0.05) is 24.5 Å². The second kappa shape index (κ2) is 4.85. The molecule has 0 aliphatic heterocycles. The molecule has 0 saturated heterocycles. The summed E-state index contributed by atoms with van der Waals surface area (Å²) in [5.41, 5.74) is 2.15. The minimum absolute atomic E-state index is 0.766. The highest BCUT2D eigenvalue weighted by Crippen LogP contribution is 2.20. The Morgan fingerprint density at radius 3 is 2.94 bits per heavy atom. The van der Waals surface area contributed by atoms with E-state index in [9.17, 15) is 0 Å². The van der Waals surface area contributed by atoms with Crippen LogP contribution in [0.25, 0.3) is 11.0 Å². The maximum atomic E-state index is 6.01. The average molecular weight is 238 g/mol. The van der Waals surface area contributed by atoms with Gasteiger partial charge in [-0.05, 0) is 32.2 Å². The molecule has 86 valence electrons. The van der Waals surface area contributed by atoms with Gasteiger partial charge in [0.2, 0.25) is 0 Å². The van der Waals surface area contributed by atoms with Crippen LogP contribution in [0.5, 0.6) is 0 Å². The fourth-order valence-corrected chi connectivity index (χ4v) is 2.09. The topological polar surface area (TPSA) is 29.9 Å². The van der Waals surface area contributed by atoms with Crippen LogP contribution in [0.4, 0.5) is 0 Å². The van der Waals surface area contributed by atoms with Crippen LogP contribution in [-0.2, 0) is 13.0 Å². The Morgan fingerprint density at radius 2 is 2.25 bits per heavy atom. The summed E-state index contributed by atoms with van der Waals surface area (Å²) in [7, 11) is 1.95. The van der Waals surface area contributed by atoms with Crippen molar-refractivity contribution in [2.45, 2.75) is 19.9 Å². The van der Waals surface area contributed by atoms with Gasteiger partial charge in [0.1, 0.15) is 5.82 Å². The van der Waals surface area contributed by atoms with Gasteiger partial charge in [-0.15, -0.1) is 0 Å². The quantitative estimate of drug-likeness (QED) is 0.886. The predicted octanol–water partition coefficient (Wildman–Crippen LogP) is 2.47. The third-order valence-corrected chi connectivity index (χ3v) is 2.94. The molecule has 0 atom stereocenters. The SMILES string of the molecule is CCn1c(CCNC)nc2ccc(Cl)cc21. The highest BCUT2D eigenvalue weighted by molar-refractivity contribution is 6.31. The Hall–Kier alpha value is -1.06. The van der Waals surface area contributed by atoms with Crippen molar-refractivity contribution in [3.63, 3.8) is 0 Å². The number of aromatic nitrogens is 2. The lowest BCUT2D eigenvalue weighted by molar-refractivity contribution is 0.681. The second-order valence-corrected chi connectivity index (χ2v) is 4.20. The number of likely N-dealkylation sites (N-methyl/N-ethyl adjacent to an activating group) is 1. The van der Waals surface area contributed by atoms with Crippen molar-refractivity contribution in [1.29, 1.82) is 0 Å². The largest absolute Gasteiger partial charge is 0.328 e. The number of imidazole rings is 1. The van der Waals surface area contributed by atoms with Gasteiger partial charge in [-0.1, -0.05) is 11.6 Å². The van der Waals surface area contributed by atoms with E-state index >= 15 is 0 Å². The van der Waals surface area contributed by atoms with Crippen LogP contribution >= 0.6 is 11.6 Å². The predicted molar refractivity (Wildman–Crippen MR) is 68.0 cm³/mol. The minimum Gasteiger partial charge on any atom is -0.328 e. The molecule has 2 rings (SSSR count). The first-order chi connectivity index (χ1) is 7.76. The van der Waals surface area contributed by atoms with E-state index in [0.29, 0.717) is 0 Å². The Balaban J connectivity index is 2.49. The third-order valence-electron chi connectivity index (χ3n) is 2.70. The van der Waals surface area contributed by atoms with Crippen LogP contribution in [0.1, 0.15) is 12.7 Å². The van der Waals surface area contributed by atoms with Crippen LogP contribution < -0.4 is 5.32 Å². The molecule has 1 aromatic heterocycles. The normalized spacial score (nSPS) is 11.2. The van der Waals surface area contributed by atoms with E-state index in [0.717, 1.165) is 41.4 Å². The Morgan fingerprint density at radius 1 is 1.44 bits per heavy atom. The Kier molecular flexibility index (Phi) is 3.46. The molecular weight excluding hydrogens is 222 g/mol. The zero-order valence-corrected chi connectivity index (χ0v) is 10.4. The van der Waals surface area contributed by atoms with E-state index < -0.39 is 0 Å². The molecule has 1 heterocycles. The molecule has 0 radical (unpaired) electrons. The van der Waals surface area contributed by atoms with Gasteiger partial charge in [0.05, 0.1) is 11.0 Å². The summed E-state index contributed by atoms with van der Waals surface area (Å²) < 4.78 is 2.22. The fourth-order valence-electron chi connectivity index (χ4n) is 1.93. The lowest BCUT2D eigenvalue weighted by atomic mass is 10.3. The van der Waals surface area contributed by atoms with E-state index in [1.165, 1.54) is 0 Å². The summed E-state index contributed by atoms with van der Waals surface area (Å²) >= 11 is 6.01. The highest BCUT2D eigenvalue weighted by atomic mass is 35.5. The van der Waals surface area contributed by atoms with Gasteiger partial charge in [-0.2, -0.15) is 0 Å². The first-order valence-electron chi connectivity index (χ1n) is 5.55.